The third kappa shape index (κ3) is 4.82. The molecule has 0 radical (unpaired) electrons. The van der Waals surface area contributed by atoms with Crippen LogP contribution in [0.25, 0.3) is 0 Å². The van der Waals surface area contributed by atoms with Gasteiger partial charge in [0.15, 0.2) is 0 Å². The summed E-state index contributed by atoms with van der Waals surface area (Å²) in [6, 6.07) is 17.9. The third-order valence-electron chi connectivity index (χ3n) is 3.80. The van der Waals surface area contributed by atoms with Crippen molar-refractivity contribution in [2.24, 2.45) is 0 Å². The molecule has 2 aromatic rings. The molecule has 0 bridgehead atoms. The summed E-state index contributed by atoms with van der Waals surface area (Å²) in [4.78, 5) is 0. The Morgan fingerprint density at radius 3 is 2.65 bits per heavy atom. The summed E-state index contributed by atoms with van der Waals surface area (Å²) in [6.45, 7) is 0.780. The van der Waals surface area contributed by atoms with Gasteiger partial charge in [0, 0.05) is 24.8 Å². The van der Waals surface area contributed by atoms with Crippen molar-refractivity contribution in [1.29, 1.82) is 5.26 Å². The summed E-state index contributed by atoms with van der Waals surface area (Å²) in [5, 5.41) is 21.7. The van der Waals surface area contributed by atoms with Gasteiger partial charge in [0.05, 0.1) is 18.7 Å². The summed E-state index contributed by atoms with van der Waals surface area (Å²) in [5.41, 5.74) is 2.77. The van der Waals surface area contributed by atoms with Crippen LogP contribution in [0.4, 0.5) is 0 Å². The first-order valence-electron chi connectivity index (χ1n) is 7.74. The zero-order valence-corrected chi connectivity index (χ0v) is 13.3. The van der Waals surface area contributed by atoms with E-state index in [9.17, 15) is 0 Å². The molecule has 0 aliphatic carbocycles. The zero-order chi connectivity index (χ0) is 16.5. The number of rotatable bonds is 8. The number of methoxy groups -OCH3 is 1. The van der Waals surface area contributed by atoms with Crippen LogP contribution in [0.1, 0.15) is 35.6 Å². The van der Waals surface area contributed by atoms with Gasteiger partial charge in [-0.15, -0.1) is 0 Å². The van der Waals surface area contributed by atoms with Gasteiger partial charge in [-0.3, -0.25) is 0 Å². The first kappa shape index (κ1) is 17.0. The lowest BCUT2D eigenvalue weighted by Crippen LogP contribution is -2.21. The van der Waals surface area contributed by atoms with Crippen LogP contribution in [0.15, 0.2) is 48.5 Å². The van der Waals surface area contributed by atoms with E-state index in [-0.39, 0.29) is 12.6 Å². The zero-order valence-electron chi connectivity index (χ0n) is 13.3. The van der Waals surface area contributed by atoms with Gasteiger partial charge in [0.25, 0.3) is 0 Å². The first-order chi connectivity index (χ1) is 11.3. The lowest BCUT2D eigenvalue weighted by molar-refractivity contribution is 0.274. The molecule has 2 rings (SSSR count). The molecule has 0 spiro atoms. The van der Waals surface area contributed by atoms with Crippen LogP contribution in [0.5, 0.6) is 5.75 Å². The van der Waals surface area contributed by atoms with E-state index in [0.29, 0.717) is 12.1 Å². The Morgan fingerprint density at radius 1 is 1.22 bits per heavy atom. The van der Waals surface area contributed by atoms with E-state index in [1.807, 2.05) is 30.3 Å². The monoisotopic (exact) mass is 310 g/mol. The van der Waals surface area contributed by atoms with Crippen molar-refractivity contribution < 1.29 is 9.84 Å². The molecule has 0 saturated carbocycles. The number of nitrogens with one attached hydrogen (secondary N) is 1. The predicted octanol–water partition coefficient (Wildman–Crippen LogP) is 3.17. The molecule has 0 saturated heterocycles. The molecule has 0 aliphatic heterocycles. The van der Waals surface area contributed by atoms with Crippen molar-refractivity contribution in [1.82, 2.24) is 5.32 Å². The van der Waals surface area contributed by atoms with E-state index in [4.69, 9.17) is 15.1 Å². The van der Waals surface area contributed by atoms with E-state index < -0.39 is 0 Å². The lowest BCUT2D eigenvalue weighted by Gasteiger charge is -2.20. The molecule has 4 nitrogen and oxygen atoms in total. The molecule has 2 N–H and O–H groups in total. The Hall–Kier alpha value is -2.35. The van der Waals surface area contributed by atoms with Crippen LogP contribution >= 0.6 is 0 Å². The molecule has 0 fully saturated rings. The fourth-order valence-corrected chi connectivity index (χ4v) is 2.59. The molecule has 1 unspecified atom stereocenters. The molecule has 0 heterocycles. The smallest absolute Gasteiger partial charge is 0.123 e. The highest BCUT2D eigenvalue weighted by atomic mass is 16.5. The second kappa shape index (κ2) is 8.94. The molecule has 0 aromatic heterocycles. The molecular weight excluding hydrogens is 288 g/mol. The predicted molar refractivity (Wildman–Crippen MR) is 90.1 cm³/mol. The number of nitriles is 1. The highest BCUT2D eigenvalue weighted by Gasteiger charge is 2.12. The van der Waals surface area contributed by atoms with E-state index >= 15 is 0 Å². The Bertz CT molecular complexity index is 650. The second-order valence-electron chi connectivity index (χ2n) is 5.35. The first-order valence-corrected chi connectivity index (χ1v) is 7.74. The number of ether oxygens (including phenoxy) is 1. The van der Waals surface area contributed by atoms with Crippen LogP contribution in [-0.4, -0.2) is 18.8 Å². The van der Waals surface area contributed by atoms with Crippen molar-refractivity contribution >= 4 is 0 Å². The minimum absolute atomic E-state index is 0.152. The van der Waals surface area contributed by atoms with Gasteiger partial charge in [-0.25, -0.2) is 0 Å². The number of nitrogens with zero attached hydrogens (tertiary/aromatic N) is 1. The molecular formula is C19H22N2O2. The van der Waals surface area contributed by atoms with E-state index in [1.165, 1.54) is 5.56 Å². The topological polar surface area (TPSA) is 65.3 Å². The maximum absolute atomic E-state index is 9.11. The van der Waals surface area contributed by atoms with Crippen molar-refractivity contribution in [2.75, 3.05) is 13.7 Å². The summed E-state index contributed by atoms with van der Waals surface area (Å²) < 4.78 is 5.37. The molecule has 23 heavy (non-hydrogen) atoms. The van der Waals surface area contributed by atoms with Crippen LogP contribution in [0, 0.1) is 11.3 Å². The molecule has 2 aromatic carbocycles. The minimum Gasteiger partial charge on any atom is -0.496 e. The van der Waals surface area contributed by atoms with Crippen LogP contribution < -0.4 is 10.1 Å². The number of aliphatic hydroxyl groups excluding tert-OH is 1. The molecule has 120 valence electrons. The maximum atomic E-state index is 9.11. The largest absolute Gasteiger partial charge is 0.496 e. The average Bonchev–Trinajstić information content (AvgIpc) is 2.62. The summed E-state index contributed by atoms with van der Waals surface area (Å²) in [7, 11) is 1.63. The highest BCUT2D eigenvalue weighted by Crippen LogP contribution is 2.23. The summed E-state index contributed by atoms with van der Waals surface area (Å²) >= 11 is 0. The highest BCUT2D eigenvalue weighted by molar-refractivity contribution is 5.42. The van der Waals surface area contributed by atoms with Crippen molar-refractivity contribution in [2.45, 2.75) is 25.4 Å². The number of hydrogen-bond donors (Lipinski definition) is 2. The van der Waals surface area contributed by atoms with Gasteiger partial charge in [-0.1, -0.05) is 30.3 Å². The van der Waals surface area contributed by atoms with Gasteiger partial charge in [-0.05, 0) is 36.6 Å². The van der Waals surface area contributed by atoms with Crippen molar-refractivity contribution in [3.63, 3.8) is 0 Å². The SMILES string of the molecule is COc1ccc(C#N)cc1CNC(CCCO)c1ccccc1. The summed E-state index contributed by atoms with van der Waals surface area (Å²) in [6.07, 6.45) is 1.59. The summed E-state index contributed by atoms with van der Waals surface area (Å²) in [5.74, 6) is 0.769. The molecule has 4 heteroatoms. The van der Waals surface area contributed by atoms with E-state index in [1.54, 1.807) is 13.2 Å². The lowest BCUT2D eigenvalue weighted by atomic mass is 10.0. The van der Waals surface area contributed by atoms with Gasteiger partial charge >= 0.3 is 0 Å². The quantitative estimate of drug-likeness (QED) is 0.786. The van der Waals surface area contributed by atoms with Crippen LogP contribution in [-0.2, 0) is 6.54 Å². The number of hydrogen-bond acceptors (Lipinski definition) is 4. The van der Waals surface area contributed by atoms with Crippen LogP contribution in [0.3, 0.4) is 0 Å². The second-order valence-corrected chi connectivity index (χ2v) is 5.35. The Kier molecular flexibility index (Phi) is 6.61. The molecule has 0 aliphatic rings. The molecule has 1 atom stereocenters. The minimum atomic E-state index is 0.152. The standard InChI is InChI=1S/C19H22N2O2/c1-23-19-10-9-15(13-20)12-17(19)14-21-18(8-5-11-22)16-6-3-2-4-7-16/h2-4,6-7,9-10,12,18,21-22H,5,8,11,14H2,1H3. The van der Waals surface area contributed by atoms with E-state index in [0.717, 1.165) is 24.2 Å². The van der Waals surface area contributed by atoms with Crippen LogP contribution in [0.2, 0.25) is 0 Å². The van der Waals surface area contributed by atoms with Crippen molar-refractivity contribution in [3.8, 4) is 11.8 Å². The van der Waals surface area contributed by atoms with Gasteiger partial charge in [0.1, 0.15) is 5.75 Å². The fourth-order valence-electron chi connectivity index (χ4n) is 2.59. The maximum Gasteiger partial charge on any atom is 0.123 e. The van der Waals surface area contributed by atoms with Gasteiger partial charge in [0.2, 0.25) is 0 Å². The fraction of sp³-hybridized carbons (Fsp3) is 0.316. The normalized spacial score (nSPS) is 11.7. The van der Waals surface area contributed by atoms with Gasteiger partial charge in [-0.2, -0.15) is 5.26 Å². The average molecular weight is 310 g/mol. The third-order valence-corrected chi connectivity index (χ3v) is 3.80. The Labute approximate surface area is 137 Å². The Morgan fingerprint density at radius 2 is 2.00 bits per heavy atom. The number of benzene rings is 2. The van der Waals surface area contributed by atoms with E-state index in [2.05, 4.69) is 23.5 Å². The van der Waals surface area contributed by atoms with Gasteiger partial charge < -0.3 is 15.2 Å². The van der Waals surface area contributed by atoms with Crippen molar-refractivity contribution in [3.05, 3.63) is 65.2 Å². The molecule has 0 amide bonds. The number of aliphatic hydroxyl groups is 1. The Balaban J connectivity index is 2.13.